The first kappa shape index (κ1) is 16.4. The first-order valence-corrected chi connectivity index (χ1v) is 8.46. The van der Waals surface area contributed by atoms with E-state index in [0.717, 1.165) is 35.7 Å². The van der Waals surface area contributed by atoms with E-state index in [4.69, 9.17) is 10.5 Å². The van der Waals surface area contributed by atoms with Gasteiger partial charge in [0.1, 0.15) is 5.75 Å². The number of hydrogen-bond acceptors (Lipinski definition) is 3. The van der Waals surface area contributed by atoms with E-state index in [1.165, 1.54) is 0 Å². The predicted molar refractivity (Wildman–Crippen MR) is 97.2 cm³/mol. The van der Waals surface area contributed by atoms with E-state index < -0.39 is 6.10 Å². The van der Waals surface area contributed by atoms with Crippen LogP contribution in [0.5, 0.6) is 5.75 Å². The fourth-order valence-electron chi connectivity index (χ4n) is 2.89. The van der Waals surface area contributed by atoms with E-state index in [9.17, 15) is 4.79 Å². The molecule has 2 N–H and O–H groups in total. The maximum absolute atomic E-state index is 12.9. The number of nitrogen functional groups attached to an aromatic ring is 1. The highest BCUT2D eigenvalue weighted by molar-refractivity contribution is 6.00. The Morgan fingerprint density at radius 1 is 1.12 bits per heavy atom. The third-order valence-corrected chi connectivity index (χ3v) is 4.30. The largest absolute Gasteiger partial charge is 0.478 e. The van der Waals surface area contributed by atoms with Gasteiger partial charge in [0.2, 0.25) is 0 Å². The van der Waals surface area contributed by atoms with Crippen molar-refractivity contribution in [3.8, 4) is 5.75 Å². The van der Waals surface area contributed by atoms with Crippen LogP contribution >= 0.6 is 0 Å². The number of benzene rings is 2. The maximum Gasteiger partial charge on any atom is 0.268 e. The van der Waals surface area contributed by atoms with Crippen LogP contribution in [0.2, 0.25) is 0 Å². The van der Waals surface area contributed by atoms with Crippen molar-refractivity contribution in [2.45, 2.75) is 32.8 Å². The van der Waals surface area contributed by atoms with Crippen molar-refractivity contribution in [1.29, 1.82) is 0 Å². The lowest BCUT2D eigenvalue weighted by Crippen LogP contribution is -2.47. The van der Waals surface area contributed by atoms with Crippen LogP contribution in [0, 0.1) is 5.92 Å². The van der Waals surface area contributed by atoms with Gasteiger partial charge in [0.05, 0.1) is 5.69 Å². The summed E-state index contributed by atoms with van der Waals surface area (Å²) in [6.45, 7) is 5.06. The number of para-hydroxylation sites is 2. The molecule has 0 spiro atoms. The fraction of sp³-hybridized carbons (Fsp3) is 0.350. The molecule has 0 saturated heterocycles. The van der Waals surface area contributed by atoms with Crippen molar-refractivity contribution >= 4 is 17.3 Å². The van der Waals surface area contributed by atoms with Gasteiger partial charge >= 0.3 is 0 Å². The van der Waals surface area contributed by atoms with Crippen molar-refractivity contribution in [3.05, 3.63) is 54.1 Å². The third kappa shape index (κ3) is 3.53. The smallest absolute Gasteiger partial charge is 0.268 e. The predicted octanol–water partition coefficient (Wildman–Crippen LogP) is 3.65. The standard InChI is InChI=1S/C20H24N2O2/c1-14(2)11-12-22-17-5-3-4-6-18(17)24-19(20(22)23)13-15-7-9-16(21)10-8-15/h3-10,14,19H,11-13,21H2,1-2H3. The van der Waals surface area contributed by atoms with Gasteiger partial charge in [0, 0.05) is 18.7 Å². The Morgan fingerprint density at radius 2 is 1.83 bits per heavy atom. The molecular formula is C20H24N2O2. The summed E-state index contributed by atoms with van der Waals surface area (Å²) in [4.78, 5) is 14.8. The summed E-state index contributed by atoms with van der Waals surface area (Å²) in [5, 5.41) is 0. The van der Waals surface area contributed by atoms with E-state index in [1.807, 2.05) is 53.4 Å². The van der Waals surface area contributed by atoms with Crippen LogP contribution in [-0.2, 0) is 11.2 Å². The Labute approximate surface area is 143 Å². The number of nitrogens with zero attached hydrogens (tertiary/aromatic N) is 1. The minimum absolute atomic E-state index is 0.0335. The Balaban J connectivity index is 1.84. The summed E-state index contributed by atoms with van der Waals surface area (Å²) < 4.78 is 5.99. The average molecular weight is 324 g/mol. The van der Waals surface area contributed by atoms with Gasteiger partial charge in [0.25, 0.3) is 5.91 Å². The molecule has 1 heterocycles. The van der Waals surface area contributed by atoms with E-state index in [1.54, 1.807) is 0 Å². The molecule has 4 heteroatoms. The lowest BCUT2D eigenvalue weighted by Gasteiger charge is -2.35. The number of rotatable bonds is 5. The molecule has 1 aliphatic rings. The second kappa shape index (κ2) is 6.95. The minimum atomic E-state index is -0.490. The van der Waals surface area contributed by atoms with Gasteiger partial charge in [-0.2, -0.15) is 0 Å². The lowest BCUT2D eigenvalue weighted by atomic mass is 10.0. The summed E-state index contributed by atoms with van der Waals surface area (Å²) in [5.74, 6) is 1.36. The van der Waals surface area contributed by atoms with Gasteiger partial charge in [-0.05, 0) is 42.2 Å². The normalized spacial score (nSPS) is 16.9. The zero-order valence-corrected chi connectivity index (χ0v) is 14.2. The van der Waals surface area contributed by atoms with Crippen molar-refractivity contribution in [2.75, 3.05) is 17.2 Å². The second-order valence-corrected chi connectivity index (χ2v) is 6.69. The maximum atomic E-state index is 12.9. The van der Waals surface area contributed by atoms with Gasteiger partial charge in [-0.25, -0.2) is 0 Å². The Morgan fingerprint density at radius 3 is 2.54 bits per heavy atom. The molecule has 126 valence electrons. The van der Waals surface area contributed by atoms with Crippen LogP contribution in [0.3, 0.4) is 0 Å². The molecule has 2 aromatic rings. The van der Waals surface area contributed by atoms with Gasteiger partial charge in [-0.15, -0.1) is 0 Å². The number of nitrogens with two attached hydrogens (primary N) is 1. The lowest BCUT2D eigenvalue weighted by molar-refractivity contribution is -0.126. The van der Waals surface area contributed by atoms with Crippen molar-refractivity contribution in [1.82, 2.24) is 0 Å². The summed E-state index contributed by atoms with van der Waals surface area (Å²) in [7, 11) is 0. The molecule has 0 fully saturated rings. The van der Waals surface area contributed by atoms with Crippen LogP contribution in [-0.4, -0.2) is 18.6 Å². The highest BCUT2D eigenvalue weighted by atomic mass is 16.5. The fourth-order valence-corrected chi connectivity index (χ4v) is 2.89. The Hall–Kier alpha value is -2.49. The molecule has 0 aliphatic carbocycles. The van der Waals surface area contributed by atoms with Crippen molar-refractivity contribution < 1.29 is 9.53 Å². The topological polar surface area (TPSA) is 55.6 Å². The molecule has 1 unspecified atom stereocenters. The monoisotopic (exact) mass is 324 g/mol. The van der Waals surface area contributed by atoms with Crippen molar-refractivity contribution in [2.24, 2.45) is 5.92 Å². The van der Waals surface area contributed by atoms with Crippen LogP contribution in [0.15, 0.2) is 48.5 Å². The van der Waals surface area contributed by atoms with E-state index >= 15 is 0 Å². The molecular weight excluding hydrogens is 300 g/mol. The third-order valence-electron chi connectivity index (χ3n) is 4.30. The number of carbonyl (C=O) groups is 1. The summed E-state index contributed by atoms with van der Waals surface area (Å²) in [6, 6.07) is 15.4. The van der Waals surface area contributed by atoms with Crippen molar-refractivity contribution in [3.63, 3.8) is 0 Å². The molecule has 4 nitrogen and oxygen atoms in total. The minimum Gasteiger partial charge on any atom is -0.478 e. The van der Waals surface area contributed by atoms with Gasteiger partial charge < -0.3 is 15.4 Å². The molecule has 1 amide bonds. The molecule has 3 rings (SSSR count). The SMILES string of the molecule is CC(C)CCN1C(=O)C(Cc2ccc(N)cc2)Oc2ccccc21. The zero-order valence-electron chi connectivity index (χ0n) is 14.2. The number of fused-ring (bicyclic) bond motifs is 1. The number of anilines is 2. The quantitative estimate of drug-likeness (QED) is 0.854. The number of hydrogen-bond donors (Lipinski definition) is 1. The highest BCUT2D eigenvalue weighted by Crippen LogP contribution is 2.34. The average Bonchev–Trinajstić information content (AvgIpc) is 2.57. The molecule has 0 saturated carbocycles. The number of ether oxygens (including phenoxy) is 1. The van der Waals surface area contributed by atoms with Gasteiger partial charge in [-0.1, -0.05) is 38.1 Å². The van der Waals surface area contributed by atoms with Crippen LogP contribution in [0.1, 0.15) is 25.8 Å². The Bertz CT molecular complexity index is 710. The molecule has 0 aromatic heterocycles. The number of amides is 1. The van der Waals surface area contributed by atoms with Crippen LogP contribution < -0.4 is 15.4 Å². The molecule has 24 heavy (non-hydrogen) atoms. The second-order valence-electron chi connectivity index (χ2n) is 6.69. The summed E-state index contributed by atoms with van der Waals surface area (Å²) in [5.41, 5.74) is 8.37. The summed E-state index contributed by atoms with van der Waals surface area (Å²) in [6.07, 6.45) is 1.02. The first-order valence-electron chi connectivity index (χ1n) is 8.46. The molecule has 0 radical (unpaired) electrons. The molecule has 2 aromatic carbocycles. The molecule has 0 bridgehead atoms. The zero-order chi connectivity index (χ0) is 17.1. The highest BCUT2D eigenvalue weighted by Gasteiger charge is 2.34. The summed E-state index contributed by atoms with van der Waals surface area (Å²) >= 11 is 0. The van der Waals surface area contributed by atoms with Gasteiger partial charge in [-0.3, -0.25) is 4.79 Å². The first-order chi connectivity index (χ1) is 11.5. The van der Waals surface area contributed by atoms with Gasteiger partial charge in [0.15, 0.2) is 6.10 Å². The Kier molecular flexibility index (Phi) is 4.74. The van der Waals surface area contributed by atoms with Crippen LogP contribution in [0.25, 0.3) is 0 Å². The molecule has 1 atom stereocenters. The van der Waals surface area contributed by atoms with E-state index in [2.05, 4.69) is 13.8 Å². The van der Waals surface area contributed by atoms with E-state index in [-0.39, 0.29) is 5.91 Å². The molecule has 1 aliphatic heterocycles. The number of carbonyl (C=O) groups excluding carboxylic acids is 1. The van der Waals surface area contributed by atoms with E-state index in [0.29, 0.717) is 12.3 Å². The van der Waals surface area contributed by atoms with Crippen LogP contribution in [0.4, 0.5) is 11.4 Å².